The van der Waals surface area contributed by atoms with E-state index in [0.717, 1.165) is 19.5 Å². The molecule has 0 aromatic heterocycles. The molecule has 1 fully saturated rings. The molecule has 1 aromatic carbocycles. The van der Waals surface area contributed by atoms with Crippen LogP contribution in [0.25, 0.3) is 0 Å². The fourth-order valence-corrected chi connectivity index (χ4v) is 4.17. The molecule has 0 saturated carbocycles. The quantitative estimate of drug-likeness (QED) is 0.839. The maximum atomic E-state index is 12.4. The molecule has 1 unspecified atom stereocenters. The third-order valence-electron chi connectivity index (χ3n) is 4.21. The Hall–Kier alpha value is -0.910. The Balaban J connectivity index is 2.01. The van der Waals surface area contributed by atoms with Gasteiger partial charge in [-0.05, 0) is 50.4 Å². The Bertz CT molecular complexity index is 537. The smallest absolute Gasteiger partial charge is 0.240 e. The lowest BCUT2D eigenvalue weighted by Gasteiger charge is -2.35. The SMILES string of the molecule is CC(C)CC(CNS(=O)(=O)c1ccccc1)N1CCCCC1. The van der Waals surface area contributed by atoms with Crippen LogP contribution in [0.15, 0.2) is 35.2 Å². The molecule has 124 valence electrons. The second-order valence-corrected chi connectivity index (χ2v) is 8.31. The Labute approximate surface area is 135 Å². The monoisotopic (exact) mass is 324 g/mol. The van der Waals surface area contributed by atoms with Gasteiger partial charge in [-0.25, -0.2) is 13.1 Å². The highest BCUT2D eigenvalue weighted by molar-refractivity contribution is 7.89. The van der Waals surface area contributed by atoms with E-state index in [4.69, 9.17) is 0 Å². The zero-order valence-electron chi connectivity index (χ0n) is 13.7. The van der Waals surface area contributed by atoms with Gasteiger partial charge in [-0.1, -0.05) is 38.5 Å². The number of hydrogen-bond donors (Lipinski definition) is 1. The van der Waals surface area contributed by atoms with Crippen LogP contribution in [0, 0.1) is 5.92 Å². The normalized spacial score (nSPS) is 18.5. The molecule has 1 saturated heterocycles. The van der Waals surface area contributed by atoms with Crippen molar-refractivity contribution >= 4 is 10.0 Å². The zero-order valence-corrected chi connectivity index (χ0v) is 14.5. The molecule has 0 aliphatic carbocycles. The van der Waals surface area contributed by atoms with Crippen molar-refractivity contribution in [2.24, 2.45) is 5.92 Å². The number of piperidine rings is 1. The number of benzene rings is 1. The van der Waals surface area contributed by atoms with Crippen LogP contribution in [-0.4, -0.2) is 39.0 Å². The van der Waals surface area contributed by atoms with Crippen LogP contribution < -0.4 is 4.72 Å². The molecule has 0 spiro atoms. The predicted molar refractivity (Wildman–Crippen MR) is 90.3 cm³/mol. The summed E-state index contributed by atoms with van der Waals surface area (Å²) in [5.41, 5.74) is 0. The molecule has 5 heteroatoms. The number of rotatable bonds is 7. The molecule has 1 aliphatic heterocycles. The van der Waals surface area contributed by atoms with Crippen molar-refractivity contribution in [3.8, 4) is 0 Å². The molecule has 22 heavy (non-hydrogen) atoms. The van der Waals surface area contributed by atoms with Crippen LogP contribution >= 0.6 is 0 Å². The lowest BCUT2D eigenvalue weighted by atomic mass is 10.00. The van der Waals surface area contributed by atoms with Gasteiger partial charge in [0.15, 0.2) is 0 Å². The largest absolute Gasteiger partial charge is 0.299 e. The Morgan fingerprint density at radius 1 is 1.09 bits per heavy atom. The Morgan fingerprint density at radius 2 is 1.73 bits per heavy atom. The molecular weight excluding hydrogens is 296 g/mol. The van der Waals surface area contributed by atoms with E-state index >= 15 is 0 Å². The van der Waals surface area contributed by atoms with Crippen LogP contribution in [0.5, 0.6) is 0 Å². The highest BCUT2D eigenvalue weighted by atomic mass is 32.2. The summed E-state index contributed by atoms with van der Waals surface area (Å²) in [4.78, 5) is 2.80. The van der Waals surface area contributed by atoms with Gasteiger partial charge < -0.3 is 0 Å². The van der Waals surface area contributed by atoms with Gasteiger partial charge in [-0.2, -0.15) is 0 Å². The molecule has 2 rings (SSSR count). The summed E-state index contributed by atoms with van der Waals surface area (Å²) in [6.45, 7) is 7.07. The van der Waals surface area contributed by atoms with E-state index < -0.39 is 10.0 Å². The predicted octanol–water partition coefficient (Wildman–Crippen LogP) is 2.87. The molecule has 1 atom stereocenters. The molecule has 1 aromatic rings. The van der Waals surface area contributed by atoms with Gasteiger partial charge in [0.25, 0.3) is 0 Å². The van der Waals surface area contributed by atoms with Gasteiger partial charge in [-0.3, -0.25) is 4.90 Å². The van der Waals surface area contributed by atoms with Gasteiger partial charge in [0.2, 0.25) is 10.0 Å². The first-order valence-electron chi connectivity index (χ1n) is 8.28. The van der Waals surface area contributed by atoms with E-state index in [1.54, 1.807) is 24.3 Å². The lowest BCUT2D eigenvalue weighted by Crippen LogP contribution is -2.46. The second-order valence-electron chi connectivity index (χ2n) is 6.54. The molecule has 4 nitrogen and oxygen atoms in total. The van der Waals surface area contributed by atoms with Crippen molar-refractivity contribution in [3.05, 3.63) is 30.3 Å². The minimum absolute atomic E-state index is 0.291. The summed E-state index contributed by atoms with van der Waals surface area (Å²) in [6, 6.07) is 8.91. The van der Waals surface area contributed by atoms with Crippen LogP contribution in [-0.2, 0) is 10.0 Å². The minimum atomic E-state index is -3.41. The standard InChI is InChI=1S/C17H28N2O2S/c1-15(2)13-16(19-11-7-4-8-12-19)14-18-22(20,21)17-9-5-3-6-10-17/h3,5-6,9-10,15-16,18H,4,7-8,11-14H2,1-2H3. The van der Waals surface area contributed by atoms with Crippen LogP contribution in [0.2, 0.25) is 0 Å². The van der Waals surface area contributed by atoms with Gasteiger partial charge in [0, 0.05) is 12.6 Å². The fraction of sp³-hybridized carbons (Fsp3) is 0.647. The van der Waals surface area contributed by atoms with Crippen molar-refractivity contribution < 1.29 is 8.42 Å². The van der Waals surface area contributed by atoms with Gasteiger partial charge >= 0.3 is 0 Å². The van der Waals surface area contributed by atoms with Crippen molar-refractivity contribution in [3.63, 3.8) is 0 Å². The number of likely N-dealkylation sites (tertiary alicyclic amines) is 1. The van der Waals surface area contributed by atoms with Crippen molar-refractivity contribution in [1.29, 1.82) is 0 Å². The van der Waals surface area contributed by atoms with E-state index in [2.05, 4.69) is 23.5 Å². The topological polar surface area (TPSA) is 49.4 Å². The maximum absolute atomic E-state index is 12.4. The third kappa shape index (κ3) is 5.07. The molecule has 0 bridgehead atoms. The van der Waals surface area contributed by atoms with Crippen molar-refractivity contribution in [1.82, 2.24) is 9.62 Å². The minimum Gasteiger partial charge on any atom is -0.299 e. The van der Waals surface area contributed by atoms with Crippen molar-refractivity contribution in [2.75, 3.05) is 19.6 Å². The first kappa shape index (κ1) is 17.4. The number of sulfonamides is 1. The van der Waals surface area contributed by atoms with E-state index in [-0.39, 0.29) is 0 Å². The van der Waals surface area contributed by atoms with Crippen LogP contribution in [0.1, 0.15) is 39.5 Å². The number of nitrogens with zero attached hydrogens (tertiary/aromatic N) is 1. The summed E-state index contributed by atoms with van der Waals surface area (Å²) < 4.78 is 27.6. The first-order chi connectivity index (χ1) is 10.5. The summed E-state index contributed by atoms with van der Waals surface area (Å²) in [5, 5.41) is 0. The molecule has 1 N–H and O–H groups in total. The Morgan fingerprint density at radius 3 is 2.32 bits per heavy atom. The number of hydrogen-bond acceptors (Lipinski definition) is 3. The first-order valence-corrected chi connectivity index (χ1v) is 9.76. The van der Waals surface area contributed by atoms with Crippen LogP contribution in [0.3, 0.4) is 0 Å². The summed E-state index contributed by atoms with van der Waals surface area (Å²) in [5.74, 6) is 0.563. The van der Waals surface area contributed by atoms with E-state index in [9.17, 15) is 8.42 Å². The molecule has 0 amide bonds. The highest BCUT2D eigenvalue weighted by Gasteiger charge is 2.23. The third-order valence-corrected chi connectivity index (χ3v) is 5.65. The summed E-state index contributed by atoms with van der Waals surface area (Å²) >= 11 is 0. The van der Waals surface area contributed by atoms with E-state index in [1.807, 2.05) is 6.07 Å². The molecule has 0 radical (unpaired) electrons. The maximum Gasteiger partial charge on any atom is 0.240 e. The summed E-state index contributed by atoms with van der Waals surface area (Å²) in [6.07, 6.45) is 4.76. The van der Waals surface area contributed by atoms with E-state index in [0.29, 0.717) is 23.4 Å². The summed E-state index contributed by atoms with van der Waals surface area (Å²) in [7, 11) is -3.41. The highest BCUT2D eigenvalue weighted by Crippen LogP contribution is 2.18. The lowest BCUT2D eigenvalue weighted by molar-refractivity contribution is 0.146. The average molecular weight is 324 g/mol. The van der Waals surface area contributed by atoms with Gasteiger partial charge in [0.1, 0.15) is 0 Å². The molecule has 1 heterocycles. The van der Waals surface area contributed by atoms with Crippen LogP contribution in [0.4, 0.5) is 0 Å². The van der Waals surface area contributed by atoms with E-state index in [1.165, 1.54) is 19.3 Å². The van der Waals surface area contributed by atoms with Crippen molar-refractivity contribution in [2.45, 2.75) is 50.5 Å². The zero-order chi connectivity index (χ0) is 16.0. The Kier molecular flexibility index (Phi) is 6.41. The van der Waals surface area contributed by atoms with Gasteiger partial charge in [-0.15, -0.1) is 0 Å². The fourth-order valence-electron chi connectivity index (χ4n) is 3.08. The molecule has 1 aliphatic rings. The average Bonchev–Trinajstić information content (AvgIpc) is 2.53. The molecular formula is C17H28N2O2S. The van der Waals surface area contributed by atoms with Gasteiger partial charge in [0.05, 0.1) is 4.90 Å². The second kappa shape index (κ2) is 8.09. The number of nitrogens with one attached hydrogen (secondary N) is 1.